The zero-order valence-electron chi connectivity index (χ0n) is 22.9. The number of nitrogens with one attached hydrogen (secondary N) is 2. The molecule has 1 aliphatic heterocycles. The maximum Gasteiger partial charge on any atom is 0.257 e. The Kier molecular flexibility index (Phi) is 8.14. The van der Waals surface area contributed by atoms with Crippen molar-refractivity contribution < 1.29 is 4.79 Å². The summed E-state index contributed by atoms with van der Waals surface area (Å²) in [5.41, 5.74) is 10.5. The van der Waals surface area contributed by atoms with Crippen molar-refractivity contribution in [3.05, 3.63) is 87.0 Å². The Balaban J connectivity index is 1.62. The maximum atomic E-state index is 13.9. The number of rotatable bonds is 4. The molecule has 0 radical (unpaired) electrons. The Labute approximate surface area is 247 Å². The van der Waals surface area contributed by atoms with Crippen molar-refractivity contribution in [3.63, 3.8) is 0 Å². The second kappa shape index (κ2) is 11.8. The molecule has 4 heterocycles. The molecule has 1 aliphatic rings. The van der Waals surface area contributed by atoms with Crippen LogP contribution in [-0.4, -0.2) is 30.2 Å². The molecule has 41 heavy (non-hydrogen) atoms. The van der Waals surface area contributed by atoms with Gasteiger partial charge in [0, 0.05) is 52.8 Å². The molecule has 2 unspecified atom stereocenters. The highest BCUT2D eigenvalue weighted by Gasteiger charge is 2.25. The molecular weight excluding hydrogens is 563 g/mol. The minimum absolute atomic E-state index is 0.0682. The number of fused-ring (bicyclic) bond motifs is 4. The largest absolute Gasteiger partial charge is 0.388 e. The zero-order valence-corrected chi connectivity index (χ0v) is 24.4. The summed E-state index contributed by atoms with van der Waals surface area (Å²) in [6.07, 6.45) is 8.30. The first kappa shape index (κ1) is 28.4. The first-order chi connectivity index (χ1) is 19.6. The van der Waals surface area contributed by atoms with Crippen LogP contribution in [0.3, 0.4) is 0 Å². The Morgan fingerprint density at radius 2 is 2.00 bits per heavy atom. The summed E-state index contributed by atoms with van der Waals surface area (Å²) < 4.78 is 3.34. The van der Waals surface area contributed by atoms with E-state index in [9.17, 15) is 9.59 Å². The van der Waals surface area contributed by atoms with Gasteiger partial charge in [0.1, 0.15) is 5.16 Å². The van der Waals surface area contributed by atoms with Crippen LogP contribution >= 0.6 is 23.2 Å². The molecule has 4 N–H and O–H groups in total. The monoisotopic (exact) mass is 592 g/mol. The van der Waals surface area contributed by atoms with Gasteiger partial charge in [0.05, 0.1) is 41.3 Å². The van der Waals surface area contributed by atoms with Gasteiger partial charge >= 0.3 is 0 Å². The minimum Gasteiger partial charge on any atom is -0.388 e. The Bertz CT molecular complexity index is 1710. The number of hydrogen-bond acceptors (Lipinski definition) is 7. The van der Waals surface area contributed by atoms with Crippen LogP contribution < -0.4 is 21.9 Å². The molecule has 4 aromatic rings. The van der Waals surface area contributed by atoms with Gasteiger partial charge in [-0.15, -0.1) is 0 Å². The van der Waals surface area contributed by atoms with E-state index >= 15 is 0 Å². The van der Waals surface area contributed by atoms with Crippen LogP contribution in [0.2, 0.25) is 5.02 Å². The Morgan fingerprint density at radius 3 is 2.78 bits per heavy atom. The van der Waals surface area contributed by atoms with E-state index < -0.39 is 6.04 Å². The lowest BCUT2D eigenvalue weighted by molar-refractivity contribution is -0.119. The van der Waals surface area contributed by atoms with Crippen molar-refractivity contribution >= 4 is 40.5 Å². The zero-order chi connectivity index (χ0) is 29.3. The normalized spacial score (nSPS) is 17.7. The quantitative estimate of drug-likeness (QED) is 0.269. The molecule has 1 amide bonds. The first-order valence-electron chi connectivity index (χ1n) is 13.2. The molecule has 212 valence electrons. The number of pyridine rings is 1. The van der Waals surface area contributed by atoms with Crippen LogP contribution in [-0.2, 0) is 11.8 Å². The van der Waals surface area contributed by atoms with E-state index in [-0.39, 0.29) is 22.5 Å². The highest BCUT2D eigenvalue weighted by atomic mass is 35.5. The second-order valence-corrected chi connectivity index (χ2v) is 11.0. The molecule has 2 atom stereocenters. The van der Waals surface area contributed by atoms with Crippen LogP contribution in [0.25, 0.3) is 22.5 Å². The lowest BCUT2D eigenvalue weighted by Gasteiger charge is -2.23. The summed E-state index contributed by atoms with van der Waals surface area (Å²) in [4.78, 5) is 36.3. The topological polar surface area (TPSA) is 133 Å². The van der Waals surface area contributed by atoms with Gasteiger partial charge in [0.15, 0.2) is 0 Å². The fraction of sp³-hybridized carbons (Fsp3) is 0.276. The third kappa shape index (κ3) is 5.84. The van der Waals surface area contributed by atoms with Crippen LogP contribution in [0, 0.1) is 12.8 Å². The van der Waals surface area contributed by atoms with Crippen LogP contribution in [0.1, 0.15) is 43.5 Å². The number of anilines is 2. The number of carbonyl (C=O) groups is 1. The van der Waals surface area contributed by atoms with Gasteiger partial charge in [-0.25, -0.2) is 4.98 Å². The number of aromatic nitrogens is 5. The molecule has 2 bridgehead atoms. The molecule has 0 spiro atoms. The standard InChI is InChI=1S/C29H30Cl2N8O2/c1-16-5-4-6-24(22-11-18(9-10-33-22)27-23(37-28(16)40)13-36-38(27)3)39-15-35-26(17(2)29(39)41)20-12-19(30)7-8-21(20)34-14-25(31)32/h7-16,24,34H,4-6,32H2,1-3H3,(H,37,40)/b25-14-. The molecule has 5 rings (SSSR count). The number of hydrogen-bond donors (Lipinski definition) is 3. The van der Waals surface area contributed by atoms with Crippen molar-refractivity contribution in [1.29, 1.82) is 0 Å². The van der Waals surface area contributed by atoms with Gasteiger partial charge in [0.2, 0.25) is 5.91 Å². The van der Waals surface area contributed by atoms with Gasteiger partial charge in [0.25, 0.3) is 5.56 Å². The lowest BCUT2D eigenvalue weighted by Crippen LogP contribution is -2.29. The summed E-state index contributed by atoms with van der Waals surface area (Å²) in [5, 5.41) is 11.0. The summed E-state index contributed by atoms with van der Waals surface area (Å²) in [6.45, 7) is 3.64. The molecule has 0 aliphatic carbocycles. The SMILES string of the molecule is Cc1c(-c2cc(Cl)ccc2N/C=C(\N)Cl)ncn(C2CCCC(C)C(=O)Nc3cnn(C)c3-c3ccnc2c3)c1=O. The summed E-state index contributed by atoms with van der Waals surface area (Å²) in [5.74, 6) is -0.292. The molecule has 1 aromatic carbocycles. The van der Waals surface area contributed by atoms with Gasteiger partial charge in [-0.3, -0.25) is 23.8 Å². The van der Waals surface area contributed by atoms with Crippen molar-refractivity contribution in [2.75, 3.05) is 10.6 Å². The smallest absolute Gasteiger partial charge is 0.257 e. The molecule has 10 nitrogen and oxygen atoms in total. The summed E-state index contributed by atoms with van der Waals surface area (Å²) >= 11 is 12.1. The maximum absolute atomic E-state index is 13.9. The fourth-order valence-electron chi connectivity index (χ4n) is 5.13. The minimum atomic E-state index is -0.398. The van der Waals surface area contributed by atoms with Crippen molar-refractivity contribution in [1.82, 2.24) is 24.3 Å². The Hall–Kier alpha value is -4.15. The van der Waals surface area contributed by atoms with E-state index in [0.29, 0.717) is 52.5 Å². The molecular formula is C29H30Cl2N8O2. The summed E-state index contributed by atoms with van der Waals surface area (Å²) in [6, 6.07) is 8.64. The number of amides is 1. The first-order valence-corrected chi connectivity index (χ1v) is 13.9. The third-order valence-electron chi connectivity index (χ3n) is 7.31. The number of benzene rings is 1. The van der Waals surface area contributed by atoms with Crippen molar-refractivity contribution in [2.45, 2.75) is 39.2 Å². The average Bonchev–Trinajstić information content (AvgIpc) is 3.31. The molecule has 0 saturated heterocycles. The van der Waals surface area contributed by atoms with Gasteiger partial charge < -0.3 is 16.4 Å². The van der Waals surface area contributed by atoms with E-state index in [4.69, 9.17) is 33.9 Å². The number of aryl methyl sites for hydroxylation is 1. The average molecular weight is 594 g/mol. The lowest BCUT2D eigenvalue weighted by atomic mass is 9.96. The van der Waals surface area contributed by atoms with E-state index in [2.05, 4.69) is 20.7 Å². The third-order valence-corrected chi connectivity index (χ3v) is 7.66. The highest BCUT2D eigenvalue weighted by Crippen LogP contribution is 2.34. The van der Waals surface area contributed by atoms with Crippen molar-refractivity contribution in [3.8, 4) is 22.5 Å². The second-order valence-electron chi connectivity index (χ2n) is 10.1. The van der Waals surface area contributed by atoms with E-state index in [0.717, 1.165) is 17.0 Å². The molecule has 0 saturated carbocycles. The predicted molar refractivity (Wildman–Crippen MR) is 162 cm³/mol. The van der Waals surface area contributed by atoms with E-state index in [1.807, 2.05) is 26.1 Å². The van der Waals surface area contributed by atoms with Crippen LogP contribution in [0.15, 0.2) is 65.2 Å². The van der Waals surface area contributed by atoms with Crippen molar-refractivity contribution in [2.24, 2.45) is 18.7 Å². The number of carbonyl (C=O) groups excluding carboxylic acids is 1. The van der Waals surface area contributed by atoms with Gasteiger partial charge in [-0.05, 0) is 50.1 Å². The molecule has 3 aromatic heterocycles. The van der Waals surface area contributed by atoms with Gasteiger partial charge in [-0.2, -0.15) is 5.10 Å². The van der Waals surface area contributed by atoms with E-state index in [1.165, 1.54) is 6.20 Å². The molecule has 12 heteroatoms. The van der Waals surface area contributed by atoms with E-state index in [1.54, 1.807) is 53.1 Å². The number of halogens is 2. The van der Waals surface area contributed by atoms with Crippen LogP contribution in [0.4, 0.5) is 11.4 Å². The number of nitrogens with two attached hydrogens (primary N) is 1. The Morgan fingerprint density at radius 1 is 1.20 bits per heavy atom. The van der Waals surface area contributed by atoms with Gasteiger partial charge in [-0.1, -0.05) is 36.5 Å². The highest BCUT2D eigenvalue weighted by molar-refractivity contribution is 6.31. The molecule has 0 fully saturated rings. The summed E-state index contributed by atoms with van der Waals surface area (Å²) in [7, 11) is 1.82. The number of nitrogens with zero attached hydrogens (tertiary/aromatic N) is 5. The predicted octanol–water partition coefficient (Wildman–Crippen LogP) is 5.42. The fourth-order valence-corrected chi connectivity index (χ4v) is 5.35. The van der Waals surface area contributed by atoms with Crippen LogP contribution in [0.5, 0.6) is 0 Å².